The van der Waals surface area contributed by atoms with Gasteiger partial charge in [0.1, 0.15) is 11.6 Å². The maximum atomic E-state index is 15.1. The number of aliphatic carboxylic acids is 1. The maximum absolute atomic E-state index is 15.1. The van der Waals surface area contributed by atoms with E-state index in [1.54, 1.807) is 18.2 Å². The Kier molecular flexibility index (Phi) is 7.75. The molecule has 1 unspecified atom stereocenters. The Hall–Kier alpha value is -4.37. The van der Waals surface area contributed by atoms with E-state index in [4.69, 9.17) is 8.94 Å². The van der Waals surface area contributed by atoms with Crippen LogP contribution in [0.5, 0.6) is 0 Å². The Bertz CT molecular complexity index is 1710. The molecule has 0 saturated carbocycles. The molecule has 2 aromatic heterocycles. The molecule has 9 heteroatoms. The number of aryl methyl sites for hydroxylation is 2. The van der Waals surface area contributed by atoms with Crippen molar-refractivity contribution >= 4 is 27.7 Å². The lowest BCUT2D eigenvalue weighted by atomic mass is 9.93. The quantitative estimate of drug-likeness (QED) is 0.172. The molecule has 0 aliphatic heterocycles. The van der Waals surface area contributed by atoms with E-state index in [-0.39, 0.29) is 35.9 Å². The van der Waals surface area contributed by atoms with Crippen LogP contribution in [0.1, 0.15) is 33.7 Å². The molecular formula is C31H24BrFN2O5. The molecule has 0 aliphatic carbocycles. The monoisotopic (exact) mass is 602 g/mol. The molecule has 0 amide bonds. The summed E-state index contributed by atoms with van der Waals surface area (Å²) in [4.78, 5) is 29.1. The number of carboxylic acids is 1. The van der Waals surface area contributed by atoms with Crippen LogP contribution in [0.15, 0.2) is 86.2 Å². The fourth-order valence-corrected chi connectivity index (χ4v) is 4.56. The number of ketones is 1. The predicted molar refractivity (Wildman–Crippen MR) is 150 cm³/mol. The van der Waals surface area contributed by atoms with Crippen molar-refractivity contribution in [3.05, 3.63) is 106 Å². The molecule has 1 atom stereocenters. The lowest BCUT2D eigenvalue weighted by molar-refractivity contribution is -0.141. The number of carbonyl (C=O) groups is 2. The van der Waals surface area contributed by atoms with Crippen molar-refractivity contribution < 1.29 is 28.0 Å². The van der Waals surface area contributed by atoms with Gasteiger partial charge in [0, 0.05) is 22.0 Å². The third-order valence-corrected chi connectivity index (χ3v) is 7.48. The van der Waals surface area contributed by atoms with E-state index in [2.05, 4.69) is 26.1 Å². The fraction of sp³-hybridized carbons (Fsp3) is 0.161. The Morgan fingerprint density at radius 2 is 1.73 bits per heavy atom. The summed E-state index contributed by atoms with van der Waals surface area (Å²) in [7, 11) is 0. The summed E-state index contributed by atoms with van der Waals surface area (Å²) in [6, 6.07) is 20.7. The number of hydrogen-bond acceptors (Lipinski definition) is 6. The van der Waals surface area contributed by atoms with Crippen LogP contribution in [0.25, 0.3) is 34.2 Å². The summed E-state index contributed by atoms with van der Waals surface area (Å²) in [5.41, 5.74) is 4.14. The molecule has 0 aliphatic rings. The van der Waals surface area contributed by atoms with Gasteiger partial charge in [0.25, 0.3) is 5.89 Å². The third-order valence-electron chi connectivity index (χ3n) is 6.59. The number of aromatic nitrogens is 2. The van der Waals surface area contributed by atoms with Gasteiger partial charge in [0.2, 0.25) is 5.82 Å². The SMILES string of the molecule is Cc1ccc(-c2ccc(C(=O)CC(Cc3ccc(-c4noc(-c5ccc(Br)c(C)c5)n4)c(F)c3)C(=O)O)o2)cc1. The first kappa shape index (κ1) is 27.2. The van der Waals surface area contributed by atoms with Crippen LogP contribution < -0.4 is 0 Å². The topological polar surface area (TPSA) is 106 Å². The average Bonchev–Trinajstić information content (AvgIpc) is 3.61. The highest BCUT2D eigenvalue weighted by atomic mass is 79.9. The molecular weight excluding hydrogens is 579 g/mol. The first-order valence-electron chi connectivity index (χ1n) is 12.5. The predicted octanol–water partition coefficient (Wildman–Crippen LogP) is 7.70. The molecule has 7 nitrogen and oxygen atoms in total. The van der Waals surface area contributed by atoms with Gasteiger partial charge in [-0.2, -0.15) is 4.98 Å². The van der Waals surface area contributed by atoms with Crippen LogP contribution in [0, 0.1) is 25.6 Å². The van der Waals surface area contributed by atoms with Crippen LogP contribution in [0.2, 0.25) is 0 Å². The van der Waals surface area contributed by atoms with Crippen LogP contribution in [-0.4, -0.2) is 27.0 Å². The van der Waals surface area contributed by atoms with Gasteiger partial charge in [-0.15, -0.1) is 0 Å². The minimum atomic E-state index is -1.16. The largest absolute Gasteiger partial charge is 0.481 e. The van der Waals surface area contributed by atoms with Crippen molar-refractivity contribution in [3.63, 3.8) is 0 Å². The molecule has 1 N–H and O–H groups in total. The maximum Gasteiger partial charge on any atom is 0.307 e. The Balaban J connectivity index is 1.29. The van der Waals surface area contributed by atoms with Crippen molar-refractivity contribution in [2.75, 3.05) is 0 Å². The molecule has 3 aromatic carbocycles. The van der Waals surface area contributed by atoms with Crippen LogP contribution in [0.4, 0.5) is 4.39 Å². The molecule has 0 bridgehead atoms. The standard InChI is InChI=1S/C31H24BrFN2O5/c1-17-3-6-20(7-4-17)27-11-12-28(39-27)26(36)16-22(31(37)38)14-19-5-9-23(25(33)15-19)29-34-30(40-35-29)21-8-10-24(32)18(2)13-21/h3-13,15,22H,14,16H2,1-2H3,(H,37,38). The van der Waals surface area contributed by atoms with E-state index in [1.807, 2.05) is 56.3 Å². The number of carboxylic acid groups (broad SMARTS) is 1. The molecule has 5 rings (SSSR count). The molecule has 0 fully saturated rings. The van der Waals surface area contributed by atoms with Gasteiger partial charge in [-0.25, -0.2) is 4.39 Å². The second-order valence-corrected chi connectivity index (χ2v) is 10.5. The van der Waals surface area contributed by atoms with Gasteiger partial charge in [-0.1, -0.05) is 57.0 Å². The van der Waals surface area contributed by atoms with E-state index in [1.165, 1.54) is 12.1 Å². The van der Waals surface area contributed by atoms with Gasteiger partial charge in [-0.3, -0.25) is 9.59 Å². The third kappa shape index (κ3) is 5.94. The van der Waals surface area contributed by atoms with Gasteiger partial charge in [0.15, 0.2) is 11.5 Å². The summed E-state index contributed by atoms with van der Waals surface area (Å²) in [6.07, 6.45) is -0.334. The van der Waals surface area contributed by atoms with Crippen molar-refractivity contribution in [3.8, 4) is 34.2 Å². The summed E-state index contributed by atoms with van der Waals surface area (Å²) in [6.45, 7) is 3.90. The van der Waals surface area contributed by atoms with Crippen LogP contribution >= 0.6 is 15.9 Å². The van der Waals surface area contributed by atoms with Crippen LogP contribution in [0.3, 0.4) is 0 Å². The fourth-order valence-electron chi connectivity index (χ4n) is 4.31. The van der Waals surface area contributed by atoms with Gasteiger partial charge < -0.3 is 14.0 Å². The highest BCUT2D eigenvalue weighted by Crippen LogP contribution is 2.29. The summed E-state index contributed by atoms with van der Waals surface area (Å²) in [5, 5.41) is 13.7. The van der Waals surface area contributed by atoms with Crippen molar-refractivity contribution in [1.82, 2.24) is 10.1 Å². The zero-order valence-electron chi connectivity index (χ0n) is 21.7. The zero-order valence-corrected chi connectivity index (χ0v) is 23.2. The first-order chi connectivity index (χ1) is 19.2. The van der Waals surface area contributed by atoms with Gasteiger partial charge in [-0.05, 0) is 73.9 Å². The number of furan rings is 1. The van der Waals surface area contributed by atoms with Gasteiger partial charge >= 0.3 is 5.97 Å². The number of Topliss-reactive ketones (excluding diaryl/α,β-unsaturated/α-hetero) is 1. The Labute approximate surface area is 237 Å². The first-order valence-corrected chi connectivity index (χ1v) is 13.3. The molecule has 40 heavy (non-hydrogen) atoms. The molecule has 202 valence electrons. The summed E-state index contributed by atoms with van der Waals surface area (Å²) in [5.74, 6) is -2.36. The Morgan fingerprint density at radius 1 is 0.975 bits per heavy atom. The van der Waals surface area contributed by atoms with E-state index in [0.717, 1.165) is 21.2 Å². The summed E-state index contributed by atoms with van der Waals surface area (Å²) < 4.78 is 27.1. The highest BCUT2D eigenvalue weighted by molar-refractivity contribution is 9.10. The molecule has 0 saturated heterocycles. The van der Waals surface area contributed by atoms with Crippen molar-refractivity contribution in [2.24, 2.45) is 5.92 Å². The molecule has 2 heterocycles. The summed E-state index contributed by atoms with van der Waals surface area (Å²) >= 11 is 3.45. The van der Waals surface area contributed by atoms with Gasteiger partial charge in [0.05, 0.1) is 11.5 Å². The molecule has 0 spiro atoms. The second kappa shape index (κ2) is 11.4. The van der Waals surface area contributed by atoms with Crippen LogP contribution in [-0.2, 0) is 11.2 Å². The number of carbonyl (C=O) groups excluding carboxylic acids is 1. The second-order valence-electron chi connectivity index (χ2n) is 9.60. The number of rotatable bonds is 9. The molecule has 0 radical (unpaired) electrons. The number of nitrogens with zero attached hydrogens (tertiary/aromatic N) is 2. The minimum absolute atomic E-state index is 0.0422. The number of halogens is 2. The lowest BCUT2D eigenvalue weighted by Gasteiger charge is -2.12. The van der Waals surface area contributed by atoms with Crippen molar-refractivity contribution in [2.45, 2.75) is 26.7 Å². The lowest BCUT2D eigenvalue weighted by Crippen LogP contribution is -2.20. The van der Waals surface area contributed by atoms with Crippen molar-refractivity contribution in [1.29, 1.82) is 0 Å². The minimum Gasteiger partial charge on any atom is -0.481 e. The van der Waals surface area contributed by atoms with E-state index < -0.39 is 23.5 Å². The average molecular weight is 603 g/mol. The van der Waals surface area contributed by atoms with E-state index in [9.17, 15) is 14.7 Å². The van der Waals surface area contributed by atoms with E-state index in [0.29, 0.717) is 16.9 Å². The normalized spacial score (nSPS) is 11.9. The highest BCUT2D eigenvalue weighted by Gasteiger charge is 2.25. The number of hydrogen-bond donors (Lipinski definition) is 1. The number of benzene rings is 3. The van der Waals surface area contributed by atoms with E-state index >= 15 is 4.39 Å². The molecule has 5 aromatic rings. The smallest absolute Gasteiger partial charge is 0.307 e. The Morgan fingerprint density at radius 3 is 2.42 bits per heavy atom. The zero-order chi connectivity index (χ0) is 28.4.